The van der Waals surface area contributed by atoms with Crippen LogP contribution in [0.3, 0.4) is 0 Å². The molecule has 1 aliphatic heterocycles. The molecule has 41 heavy (non-hydrogen) atoms. The lowest BCUT2D eigenvalue weighted by Gasteiger charge is -2.35. The Kier molecular flexibility index (Phi) is 8.57. The normalized spacial score (nSPS) is 18.7. The Balaban J connectivity index is 1.50. The molecular weight excluding hydrogens is 588 g/mol. The number of carbonyl (C=O) groups is 3. The lowest BCUT2D eigenvalue weighted by atomic mass is 10.1. The number of aromatic carboxylic acids is 1. The number of likely N-dealkylation sites (N-methyl/N-ethyl adjacent to an activating group) is 1. The molecule has 3 aromatic rings. The summed E-state index contributed by atoms with van der Waals surface area (Å²) >= 11 is 6.28. The minimum absolute atomic E-state index is 0.00458. The number of halogens is 1. The predicted octanol–water partition coefficient (Wildman–Crippen LogP) is 4.36. The van der Waals surface area contributed by atoms with Crippen molar-refractivity contribution in [3.63, 3.8) is 0 Å². The number of carboxylic acids is 1. The number of benzene rings is 3. The average molecular weight is 619 g/mol. The molecule has 1 aliphatic rings. The summed E-state index contributed by atoms with van der Waals surface area (Å²) < 4.78 is 27.2. The summed E-state index contributed by atoms with van der Waals surface area (Å²) in [5.74, 6) is -1.72. The van der Waals surface area contributed by atoms with Crippen LogP contribution in [0.15, 0.2) is 75.4 Å². The fraction of sp³-hybridized carbons (Fsp3) is 0.250. The topological polar surface area (TPSA) is 159 Å². The van der Waals surface area contributed by atoms with Crippen molar-refractivity contribution in [1.29, 1.82) is 0 Å². The van der Waals surface area contributed by atoms with Crippen LogP contribution >= 0.6 is 22.5 Å². The molecule has 2 unspecified atom stereocenters. The van der Waals surface area contributed by atoms with Gasteiger partial charge in [0, 0.05) is 24.2 Å². The molecule has 3 aromatic carbocycles. The molecule has 218 valence electrons. The van der Waals surface area contributed by atoms with Crippen LogP contribution in [0, 0.1) is 6.92 Å². The van der Waals surface area contributed by atoms with Crippen LogP contribution in [0.2, 0.25) is 5.02 Å². The molecular formula is C28H31ClN4O6S2. The van der Waals surface area contributed by atoms with E-state index in [1.165, 1.54) is 30.1 Å². The third kappa shape index (κ3) is 5.99. The number of hydrogen-bond acceptors (Lipinski definition) is 6. The molecule has 1 heterocycles. The van der Waals surface area contributed by atoms with Gasteiger partial charge < -0.3 is 21.1 Å². The summed E-state index contributed by atoms with van der Waals surface area (Å²) in [6.45, 7) is 3.93. The van der Waals surface area contributed by atoms with Crippen molar-refractivity contribution in [3.05, 3.63) is 82.4 Å². The standard InChI is InChI=1S/C28H31ClN4O6S2/c1-4-28(26(30)36)31-23-15-21(25(34)35)22(29)16-24(23)40(28)19-9-7-18(8-10-19)13-14-33(3)27(37)32-41(38,39)20-11-5-17(2)6-12-20/h5-12,15-16,31,40H,4,13-14H2,1-3H3,(H2,30,36)(H,32,37)(H,34,35). The van der Waals surface area contributed by atoms with Crippen molar-refractivity contribution in [2.75, 3.05) is 18.9 Å². The summed E-state index contributed by atoms with van der Waals surface area (Å²) in [6.07, 6.45) is 0.819. The molecule has 2 atom stereocenters. The van der Waals surface area contributed by atoms with E-state index in [0.29, 0.717) is 18.5 Å². The minimum Gasteiger partial charge on any atom is -0.478 e. The number of nitrogens with zero attached hydrogens (tertiary/aromatic N) is 1. The summed E-state index contributed by atoms with van der Waals surface area (Å²) in [7, 11) is -3.87. The summed E-state index contributed by atoms with van der Waals surface area (Å²) in [5, 5.41) is 12.8. The highest BCUT2D eigenvalue weighted by Crippen LogP contribution is 2.63. The first kappa shape index (κ1) is 30.2. The Morgan fingerprint density at radius 1 is 1.10 bits per heavy atom. The number of amides is 3. The number of carboxylic acid groups (broad SMARTS) is 1. The van der Waals surface area contributed by atoms with Crippen LogP contribution in [-0.2, 0) is 21.2 Å². The van der Waals surface area contributed by atoms with Crippen LogP contribution in [0.25, 0.3) is 0 Å². The molecule has 0 radical (unpaired) electrons. The third-order valence-corrected chi connectivity index (χ3v) is 11.8. The molecule has 0 saturated heterocycles. The number of rotatable bonds is 9. The van der Waals surface area contributed by atoms with Crippen molar-refractivity contribution in [2.45, 2.75) is 46.2 Å². The second-order valence-corrected chi connectivity index (χ2v) is 14.3. The number of carbonyl (C=O) groups excluding carboxylic acids is 2. The van der Waals surface area contributed by atoms with E-state index in [-0.39, 0.29) is 22.0 Å². The summed E-state index contributed by atoms with van der Waals surface area (Å²) in [4.78, 5) is 38.7. The average Bonchev–Trinajstić information content (AvgIpc) is 3.26. The van der Waals surface area contributed by atoms with Gasteiger partial charge in [-0.15, -0.1) is 0 Å². The lowest BCUT2D eigenvalue weighted by Crippen LogP contribution is -2.47. The van der Waals surface area contributed by atoms with Gasteiger partial charge in [-0.25, -0.2) is 22.7 Å². The Labute approximate surface area is 246 Å². The van der Waals surface area contributed by atoms with Gasteiger partial charge in [-0.1, -0.05) is 48.4 Å². The highest BCUT2D eigenvalue weighted by molar-refractivity contribution is 8.19. The maximum atomic E-state index is 12.8. The van der Waals surface area contributed by atoms with Gasteiger partial charge >= 0.3 is 12.0 Å². The SMILES string of the molecule is CCC1(C(N)=O)Nc2cc(C(=O)O)c(Cl)cc2[SH]1c1ccc(CCN(C)C(=O)NS(=O)(=O)c2ccc(C)cc2)cc1. The molecule has 0 fully saturated rings. The largest absolute Gasteiger partial charge is 0.478 e. The zero-order valence-electron chi connectivity index (χ0n) is 22.6. The Hall–Kier alpha value is -3.74. The fourth-order valence-electron chi connectivity index (χ4n) is 4.63. The Morgan fingerprint density at radius 3 is 2.29 bits per heavy atom. The van der Waals surface area contributed by atoms with Gasteiger partial charge in [-0.3, -0.25) is 4.79 Å². The van der Waals surface area contributed by atoms with E-state index in [0.717, 1.165) is 20.9 Å². The molecule has 0 aromatic heterocycles. The van der Waals surface area contributed by atoms with Crippen molar-refractivity contribution < 1.29 is 27.9 Å². The monoisotopic (exact) mass is 618 g/mol. The second-order valence-electron chi connectivity index (χ2n) is 9.75. The van der Waals surface area contributed by atoms with Gasteiger partial charge in [0.2, 0.25) is 0 Å². The van der Waals surface area contributed by atoms with Gasteiger partial charge in [-0.05, 0) is 66.6 Å². The number of sulfonamides is 1. The first-order valence-corrected chi connectivity index (χ1v) is 15.9. The second kappa shape index (κ2) is 11.6. The van der Waals surface area contributed by atoms with E-state index in [4.69, 9.17) is 17.3 Å². The van der Waals surface area contributed by atoms with Crippen molar-refractivity contribution in [2.24, 2.45) is 5.73 Å². The zero-order chi connectivity index (χ0) is 30.1. The number of hydrogen-bond donors (Lipinski definition) is 5. The molecule has 0 bridgehead atoms. The lowest BCUT2D eigenvalue weighted by molar-refractivity contribution is -0.119. The van der Waals surface area contributed by atoms with Crippen molar-refractivity contribution in [3.8, 4) is 0 Å². The summed E-state index contributed by atoms with van der Waals surface area (Å²) in [5.41, 5.74) is 8.12. The first-order valence-electron chi connectivity index (χ1n) is 12.7. The zero-order valence-corrected chi connectivity index (χ0v) is 25.1. The minimum atomic E-state index is -4.00. The smallest absolute Gasteiger partial charge is 0.337 e. The first-order chi connectivity index (χ1) is 19.3. The summed E-state index contributed by atoms with van der Waals surface area (Å²) in [6, 6.07) is 16.0. The molecule has 13 heteroatoms. The van der Waals surface area contributed by atoms with Crippen LogP contribution in [-0.4, -0.2) is 54.8 Å². The van der Waals surface area contributed by atoms with Crippen molar-refractivity contribution >= 4 is 56.1 Å². The Morgan fingerprint density at radius 2 is 1.73 bits per heavy atom. The number of anilines is 1. The molecule has 3 amide bonds. The van der Waals surface area contributed by atoms with Crippen LogP contribution in [0.1, 0.15) is 34.8 Å². The highest BCUT2D eigenvalue weighted by atomic mass is 35.5. The van der Waals surface area contributed by atoms with E-state index in [2.05, 4.69) is 10.0 Å². The van der Waals surface area contributed by atoms with E-state index in [9.17, 15) is 27.9 Å². The fourth-order valence-corrected chi connectivity index (χ4v) is 8.91. The molecule has 0 saturated carbocycles. The number of nitrogens with one attached hydrogen (secondary N) is 2. The molecule has 5 N–H and O–H groups in total. The van der Waals surface area contributed by atoms with Crippen molar-refractivity contribution in [1.82, 2.24) is 9.62 Å². The quantitative estimate of drug-likeness (QED) is 0.223. The van der Waals surface area contributed by atoms with Gasteiger partial charge in [0.15, 0.2) is 4.87 Å². The molecule has 0 spiro atoms. The van der Waals surface area contributed by atoms with Gasteiger partial charge in [0.05, 0.1) is 15.5 Å². The van der Waals surface area contributed by atoms with Gasteiger partial charge in [0.1, 0.15) is 0 Å². The van der Waals surface area contributed by atoms with E-state index in [1.54, 1.807) is 18.2 Å². The third-order valence-electron chi connectivity index (χ3n) is 7.03. The van der Waals surface area contributed by atoms with E-state index < -0.39 is 43.7 Å². The number of thiol groups is 1. The predicted molar refractivity (Wildman–Crippen MR) is 159 cm³/mol. The van der Waals surface area contributed by atoms with E-state index in [1.807, 2.05) is 38.1 Å². The van der Waals surface area contributed by atoms with E-state index >= 15 is 0 Å². The number of urea groups is 1. The number of aryl methyl sites for hydroxylation is 1. The number of nitrogens with two attached hydrogens (primary N) is 1. The van der Waals surface area contributed by atoms with Crippen LogP contribution < -0.4 is 15.8 Å². The molecule has 10 nitrogen and oxygen atoms in total. The van der Waals surface area contributed by atoms with Gasteiger partial charge in [0.25, 0.3) is 15.9 Å². The maximum absolute atomic E-state index is 12.8. The molecule has 4 rings (SSSR count). The number of primary amides is 1. The maximum Gasteiger partial charge on any atom is 0.337 e. The highest BCUT2D eigenvalue weighted by Gasteiger charge is 2.48. The van der Waals surface area contributed by atoms with Crippen LogP contribution in [0.5, 0.6) is 0 Å². The van der Waals surface area contributed by atoms with Gasteiger partial charge in [-0.2, -0.15) is 10.9 Å². The Bertz CT molecular complexity index is 1610. The molecule has 0 aliphatic carbocycles. The number of fused-ring (bicyclic) bond motifs is 1. The van der Waals surface area contributed by atoms with Crippen LogP contribution in [0.4, 0.5) is 10.5 Å².